The van der Waals surface area contributed by atoms with Gasteiger partial charge in [-0.1, -0.05) is 30.3 Å². The molecular weight excluding hydrogens is 218 g/mol. The molecule has 2 heterocycles. The van der Waals surface area contributed by atoms with Gasteiger partial charge in [0.1, 0.15) is 10.6 Å². The number of hydrogen-bond donors (Lipinski definition) is 1. The first-order valence-electron chi connectivity index (χ1n) is 4.98. The predicted octanol–water partition coefficient (Wildman–Crippen LogP) is 3.67. The summed E-state index contributed by atoms with van der Waals surface area (Å²) < 4.78 is 0. The largest absolute Gasteiger partial charge is 0.506 e. The predicted molar refractivity (Wildman–Crippen MR) is 66.7 cm³/mol. The van der Waals surface area contributed by atoms with Crippen LogP contribution >= 0.6 is 11.3 Å². The van der Waals surface area contributed by atoms with E-state index in [1.807, 2.05) is 42.5 Å². The Balaban J connectivity index is 2.29. The molecule has 1 N–H and O–H groups in total. The normalized spacial score (nSPS) is 10.8. The maximum absolute atomic E-state index is 10.1. The van der Waals surface area contributed by atoms with Crippen LogP contribution in [-0.4, -0.2) is 10.1 Å². The fourth-order valence-corrected chi connectivity index (χ4v) is 2.75. The molecule has 0 fully saturated rings. The SMILES string of the molecule is Oc1c(-c2ccccc2)sc2ncccc12. The highest BCUT2D eigenvalue weighted by Crippen LogP contribution is 2.42. The molecule has 2 aromatic heterocycles. The van der Waals surface area contributed by atoms with Gasteiger partial charge in [-0.05, 0) is 17.7 Å². The van der Waals surface area contributed by atoms with Gasteiger partial charge in [-0.2, -0.15) is 0 Å². The zero-order valence-corrected chi connectivity index (χ0v) is 9.24. The van der Waals surface area contributed by atoms with Crippen molar-refractivity contribution in [3.63, 3.8) is 0 Å². The first-order chi connectivity index (χ1) is 7.86. The van der Waals surface area contributed by atoms with Gasteiger partial charge in [0.05, 0.1) is 10.3 Å². The third kappa shape index (κ3) is 1.37. The molecule has 0 unspecified atom stereocenters. The van der Waals surface area contributed by atoms with E-state index in [2.05, 4.69) is 4.98 Å². The van der Waals surface area contributed by atoms with Crippen LogP contribution in [0.4, 0.5) is 0 Å². The van der Waals surface area contributed by atoms with E-state index in [1.54, 1.807) is 6.20 Å². The number of benzene rings is 1. The van der Waals surface area contributed by atoms with Gasteiger partial charge in [-0.15, -0.1) is 11.3 Å². The standard InChI is InChI=1S/C13H9NOS/c15-11-10-7-4-8-14-13(10)16-12(11)9-5-2-1-3-6-9/h1-8,15H. The highest BCUT2D eigenvalue weighted by molar-refractivity contribution is 7.22. The Morgan fingerprint density at radius 1 is 1.00 bits per heavy atom. The molecule has 0 aliphatic heterocycles. The highest BCUT2D eigenvalue weighted by atomic mass is 32.1. The smallest absolute Gasteiger partial charge is 0.143 e. The molecule has 3 aromatic rings. The second-order valence-corrected chi connectivity index (χ2v) is 4.50. The van der Waals surface area contributed by atoms with Gasteiger partial charge in [-0.25, -0.2) is 4.98 Å². The second kappa shape index (κ2) is 3.61. The molecule has 2 nitrogen and oxygen atoms in total. The molecule has 0 saturated heterocycles. The third-order valence-corrected chi connectivity index (χ3v) is 3.63. The molecule has 3 rings (SSSR count). The van der Waals surface area contributed by atoms with E-state index in [9.17, 15) is 5.11 Å². The number of aromatic nitrogens is 1. The van der Waals surface area contributed by atoms with Crippen molar-refractivity contribution in [3.8, 4) is 16.2 Å². The fourth-order valence-electron chi connectivity index (χ4n) is 1.70. The van der Waals surface area contributed by atoms with Crippen LogP contribution in [0.3, 0.4) is 0 Å². The molecule has 16 heavy (non-hydrogen) atoms. The number of hydrogen-bond acceptors (Lipinski definition) is 3. The van der Waals surface area contributed by atoms with Crippen LogP contribution in [0.15, 0.2) is 48.7 Å². The third-order valence-electron chi connectivity index (χ3n) is 2.48. The fraction of sp³-hybridized carbons (Fsp3) is 0. The minimum Gasteiger partial charge on any atom is -0.506 e. The average Bonchev–Trinajstić information content (AvgIpc) is 2.69. The van der Waals surface area contributed by atoms with Gasteiger partial charge in [0.15, 0.2) is 0 Å². The van der Waals surface area contributed by atoms with Crippen molar-refractivity contribution >= 4 is 21.6 Å². The topological polar surface area (TPSA) is 33.1 Å². The van der Waals surface area contributed by atoms with Crippen molar-refractivity contribution in [2.24, 2.45) is 0 Å². The summed E-state index contributed by atoms with van der Waals surface area (Å²) in [5.74, 6) is 0.333. The molecule has 0 aliphatic rings. The van der Waals surface area contributed by atoms with Gasteiger partial charge in [-0.3, -0.25) is 0 Å². The molecular formula is C13H9NOS. The van der Waals surface area contributed by atoms with Crippen molar-refractivity contribution in [1.29, 1.82) is 0 Å². The van der Waals surface area contributed by atoms with Crippen molar-refractivity contribution in [2.45, 2.75) is 0 Å². The summed E-state index contributed by atoms with van der Waals surface area (Å²) in [5, 5.41) is 10.9. The number of fused-ring (bicyclic) bond motifs is 1. The summed E-state index contributed by atoms with van der Waals surface area (Å²) in [6, 6.07) is 13.6. The molecule has 0 radical (unpaired) electrons. The van der Waals surface area contributed by atoms with Gasteiger partial charge in [0, 0.05) is 6.20 Å². The average molecular weight is 227 g/mol. The summed E-state index contributed by atoms with van der Waals surface area (Å²) in [6.45, 7) is 0. The lowest BCUT2D eigenvalue weighted by molar-refractivity contribution is 0.485. The van der Waals surface area contributed by atoms with E-state index in [4.69, 9.17) is 0 Å². The lowest BCUT2D eigenvalue weighted by Gasteiger charge is -1.97. The first-order valence-corrected chi connectivity index (χ1v) is 5.80. The Labute approximate surface area is 96.8 Å². The zero-order valence-electron chi connectivity index (χ0n) is 8.42. The van der Waals surface area contributed by atoms with Gasteiger partial charge in [0.25, 0.3) is 0 Å². The number of rotatable bonds is 1. The number of nitrogens with zero attached hydrogens (tertiary/aromatic N) is 1. The highest BCUT2D eigenvalue weighted by Gasteiger charge is 2.12. The van der Waals surface area contributed by atoms with Gasteiger partial charge in [0.2, 0.25) is 0 Å². The first kappa shape index (κ1) is 9.36. The molecule has 3 heteroatoms. The summed E-state index contributed by atoms with van der Waals surface area (Å²) >= 11 is 1.52. The molecule has 1 aromatic carbocycles. The van der Waals surface area contributed by atoms with E-state index in [0.29, 0.717) is 5.75 Å². The van der Waals surface area contributed by atoms with E-state index in [-0.39, 0.29) is 0 Å². The van der Waals surface area contributed by atoms with E-state index >= 15 is 0 Å². The molecule has 0 saturated carbocycles. The number of pyridine rings is 1. The van der Waals surface area contributed by atoms with Crippen molar-refractivity contribution in [2.75, 3.05) is 0 Å². The maximum atomic E-state index is 10.1. The molecule has 0 bridgehead atoms. The van der Waals surface area contributed by atoms with Crippen LogP contribution in [-0.2, 0) is 0 Å². The summed E-state index contributed by atoms with van der Waals surface area (Å²) in [4.78, 5) is 6.00. The molecule has 0 aliphatic carbocycles. The Kier molecular flexibility index (Phi) is 2.11. The van der Waals surface area contributed by atoms with Crippen LogP contribution in [0.5, 0.6) is 5.75 Å². The van der Waals surface area contributed by atoms with Crippen molar-refractivity contribution < 1.29 is 5.11 Å². The van der Waals surface area contributed by atoms with E-state index in [0.717, 1.165) is 20.7 Å². The quantitative estimate of drug-likeness (QED) is 0.688. The maximum Gasteiger partial charge on any atom is 0.143 e. The summed E-state index contributed by atoms with van der Waals surface area (Å²) in [6.07, 6.45) is 1.74. The Hall–Kier alpha value is -1.87. The Bertz CT molecular complexity index is 631. The minimum absolute atomic E-state index is 0.333. The lowest BCUT2D eigenvalue weighted by atomic mass is 10.1. The van der Waals surface area contributed by atoms with Crippen molar-refractivity contribution in [1.82, 2.24) is 4.98 Å². The monoisotopic (exact) mass is 227 g/mol. The van der Waals surface area contributed by atoms with Crippen LogP contribution in [0.1, 0.15) is 0 Å². The zero-order chi connectivity index (χ0) is 11.0. The molecule has 78 valence electrons. The van der Waals surface area contributed by atoms with Crippen LogP contribution in [0.25, 0.3) is 20.7 Å². The van der Waals surface area contributed by atoms with E-state index in [1.165, 1.54) is 11.3 Å². The number of thiophene rings is 1. The number of aromatic hydroxyl groups is 1. The Morgan fingerprint density at radius 3 is 2.56 bits per heavy atom. The van der Waals surface area contributed by atoms with Crippen molar-refractivity contribution in [3.05, 3.63) is 48.7 Å². The van der Waals surface area contributed by atoms with Gasteiger partial charge >= 0.3 is 0 Å². The molecule has 0 spiro atoms. The van der Waals surface area contributed by atoms with Crippen LogP contribution in [0, 0.1) is 0 Å². The molecule has 0 atom stereocenters. The summed E-state index contributed by atoms with van der Waals surface area (Å²) in [7, 11) is 0. The second-order valence-electron chi connectivity index (χ2n) is 3.50. The van der Waals surface area contributed by atoms with Gasteiger partial charge < -0.3 is 5.11 Å². The van der Waals surface area contributed by atoms with Crippen LogP contribution in [0.2, 0.25) is 0 Å². The lowest BCUT2D eigenvalue weighted by Crippen LogP contribution is -1.71. The minimum atomic E-state index is 0.333. The molecule has 0 amide bonds. The van der Waals surface area contributed by atoms with Crippen LogP contribution < -0.4 is 0 Å². The Morgan fingerprint density at radius 2 is 1.81 bits per heavy atom. The summed E-state index contributed by atoms with van der Waals surface area (Å²) in [5.41, 5.74) is 1.03. The van der Waals surface area contributed by atoms with E-state index < -0.39 is 0 Å².